The molecule has 2 aliphatic carbocycles. The number of rotatable bonds is 8. The maximum absolute atomic E-state index is 9.30. The van der Waals surface area contributed by atoms with Crippen molar-refractivity contribution in [3.8, 4) is 6.07 Å². The van der Waals surface area contributed by atoms with Gasteiger partial charge in [0, 0.05) is 12.6 Å². The first-order valence-corrected chi connectivity index (χ1v) is 8.42. The van der Waals surface area contributed by atoms with Crippen molar-refractivity contribution in [1.82, 2.24) is 5.32 Å². The van der Waals surface area contributed by atoms with E-state index in [-0.39, 0.29) is 5.54 Å². The van der Waals surface area contributed by atoms with Crippen molar-refractivity contribution in [2.24, 2.45) is 5.92 Å². The van der Waals surface area contributed by atoms with Gasteiger partial charge in [-0.3, -0.25) is 5.32 Å². The average Bonchev–Trinajstić information content (AvgIpc) is 3.24. The minimum atomic E-state index is -0.332. The number of hydrogen-bond acceptors (Lipinski definition) is 3. The molecule has 1 unspecified atom stereocenters. The zero-order valence-corrected chi connectivity index (χ0v) is 13.2. The largest absolute Gasteiger partial charge is 0.378 e. The van der Waals surface area contributed by atoms with E-state index in [1.165, 1.54) is 38.5 Å². The molecule has 2 saturated carbocycles. The van der Waals surface area contributed by atoms with Crippen LogP contribution in [0.5, 0.6) is 0 Å². The van der Waals surface area contributed by atoms with Gasteiger partial charge in [-0.05, 0) is 70.6 Å². The van der Waals surface area contributed by atoms with E-state index in [4.69, 9.17) is 4.74 Å². The average molecular weight is 278 g/mol. The molecule has 114 valence electrons. The van der Waals surface area contributed by atoms with Gasteiger partial charge in [0.2, 0.25) is 0 Å². The topological polar surface area (TPSA) is 45.0 Å². The summed E-state index contributed by atoms with van der Waals surface area (Å²) < 4.78 is 5.97. The Morgan fingerprint density at radius 2 is 1.85 bits per heavy atom. The minimum Gasteiger partial charge on any atom is -0.378 e. The van der Waals surface area contributed by atoms with Crippen molar-refractivity contribution in [2.75, 3.05) is 6.61 Å². The molecule has 0 bridgehead atoms. The molecule has 2 fully saturated rings. The summed E-state index contributed by atoms with van der Waals surface area (Å²) in [6, 6.07) is 3.04. The normalized spacial score (nSPS) is 29.6. The Kier molecular flexibility index (Phi) is 5.86. The van der Waals surface area contributed by atoms with E-state index in [1.54, 1.807) is 0 Å². The van der Waals surface area contributed by atoms with E-state index >= 15 is 0 Å². The molecule has 0 aromatic carbocycles. The lowest BCUT2D eigenvalue weighted by atomic mass is 9.89. The Labute approximate surface area is 124 Å². The summed E-state index contributed by atoms with van der Waals surface area (Å²) in [5, 5.41) is 12.8. The number of ether oxygens (including phenoxy) is 1. The summed E-state index contributed by atoms with van der Waals surface area (Å²) in [5.41, 5.74) is -0.332. The first kappa shape index (κ1) is 15.8. The second-order valence-electron chi connectivity index (χ2n) is 7.07. The van der Waals surface area contributed by atoms with Crippen LogP contribution in [0.15, 0.2) is 0 Å². The molecule has 2 rings (SSSR count). The molecule has 1 atom stereocenters. The van der Waals surface area contributed by atoms with Gasteiger partial charge in [0.15, 0.2) is 0 Å². The van der Waals surface area contributed by atoms with Crippen molar-refractivity contribution in [2.45, 2.75) is 89.3 Å². The van der Waals surface area contributed by atoms with Gasteiger partial charge in [0.1, 0.15) is 5.54 Å². The van der Waals surface area contributed by atoms with Crippen LogP contribution in [0, 0.1) is 17.2 Å². The van der Waals surface area contributed by atoms with Crippen molar-refractivity contribution >= 4 is 0 Å². The molecule has 0 heterocycles. The molecule has 0 aromatic rings. The molecule has 3 heteroatoms. The molecule has 0 amide bonds. The SMILES string of the molecule is CC1CCC(OCCCCC(C)(C#N)NC2CC2)CC1. The van der Waals surface area contributed by atoms with Gasteiger partial charge < -0.3 is 4.74 Å². The summed E-state index contributed by atoms with van der Waals surface area (Å²) in [6.07, 6.45) is 11.2. The van der Waals surface area contributed by atoms with E-state index in [0.717, 1.165) is 31.8 Å². The fourth-order valence-corrected chi connectivity index (χ4v) is 3.07. The maximum Gasteiger partial charge on any atom is 0.104 e. The third-order valence-electron chi connectivity index (χ3n) is 4.73. The highest BCUT2D eigenvalue weighted by molar-refractivity contribution is 5.06. The number of hydrogen-bond donors (Lipinski definition) is 1. The molecular formula is C17H30N2O. The smallest absolute Gasteiger partial charge is 0.104 e. The molecule has 20 heavy (non-hydrogen) atoms. The summed E-state index contributed by atoms with van der Waals surface area (Å²) in [6.45, 7) is 5.24. The Balaban J connectivity index is 1.53. The van der Waals surface area contributed by atoms with E-state index in [2.05, 4.69) is 18.3 Å². The van der Waals surface area contributed by atoms with Crippen LogP contribution < -0.4 is 5.32 Å². The summed E-state index contributed by atoms with van der Waals surface area (Å²) in [7, 11) is 0. The van der Waals surface area contributed by atoms with Gasteiger partial charge in [-0.1, -0.05) is 6.92 Å². The lowest BCUT2D eigenvalue weighted by molar-refractivity contribution is 0.0175. The fourth-order valence-electron chi connectivity index (χ4n) is 3.07. The van der Waals surface area contributed by atoms with Gasteiger partial charge in [-0.2, -0.15) is 5.26 Å². The highest BCUT2D eigenvalue weighted by Gasteiger charge is 2.31. The summed E-state index contributed by atoms with van der Waals surface area (Å²) in [4.78, 5) is 0. The molecule has 2 aliphatic rings. The Morgan fingerprint density at radius 3 is 2.45 bits per heavy atom. The maximum atomic E-state index is 9.30. The first-order valence-electron chi connectivity index (χ1n) is 8.42. The highest BCUT2D eigenvalue weighted by Crippen LogP contribution is 2.26. The van der Waals surface area contributed by atoms with E-state index in [1.807, 2.05) is 6.92 Å². The second kappa shape index (κ2) is 7.43. The lowest BCUT2D eigenvalue weighted by Gasteiger charge is -2.26. The van der Waals surface area contributed by atoms with Crippen LogP contribution in [0.2, 0.25) is 0 Å². The number of unbranched alkanes of at least 4 members (excludes halogenated alkanes) is 1. The van der Waals surface area contributed by atoms with Gasteiger partial charge in [-0.15, -0.1) is 0 Å². The van der Waals surface area contributed by atoms with Gasteiger partial charge >= 0.3 is 0 Å². The molecule has 0 saturated heterocycles. The van der Waals surface area contributed by atoms with Gasteiger partial charge in [0.25, 0.3) is 0 Å². The van der Waals surface area contributed by atoms with E-state index in [9.17, 15) is 5.26 Å². The van der Waals surface area contributed by atoms with E-state index < -0.39 is 0 Å². The summed E-state index contributed by atoms with van der Waals surface area (Å²) in [5.74, 6) is 0.889. The molecule has 3 nitrogen and oxygen atoms in total. The highest BCUT2D eigenvalue weighted by atomic mass is 16.5. The van der Waals surface area contributed by atoms with Crippen LogP contribution in [0.3, 0.4) is 0 Å². The second-order valence-corrected chi connectivity index (χ2v) is 7.07. The van der Waals surface area contributed by atoms with Crippen molar-refractivity contribution in [1.29, 1.82) is 5.26 Å². The molecule has 0 radical (unpaired) electrons. The molecular weight excluding hydrogens is 248 g/mol. The minimum absolute atomic E-state index is 0.332. The quantitative estimate of drug-likeness (QED) is 0.687. The van der Waals surface area contributed by atoms with Crippen molar-refractivity contribution in [3.05, 3.63) is 0 Å². The zero-order valence-electron chi connectivity index (χ0n) is 13.2. The molecule has 0 aliphatic heterocycles. The van der Waals surface area contributed by atoms with Crippen molar-refractivity contribution < 1.29 is 4.74 Å². The van der Waals surface area contributed by atoms with Crippen LogP contribution in [0.25, 0.3) is 0 Å². The zero-order chi connectivity index (χ0) is 14.4. The number of nitrogens with zero attached hydrogens (tertiary/aromatic N) is 1. The predicted octanol–water partition coefficient (Wildman–Crippen LogP) is 3.79. The van der Waals surface area contributed by atoms with Crippen LogP contribution in [-0.2, 0) is 4.74 Å². The standard InChI is InChI=1S/C17H30N2O/c1-14-5-9-16(10-6-14)20-12-4-3-11-17(2,13-18)19-15-7-8-15/h14-16,19H,3-12H2,1-2H3. The lowest BCUT2D eigenvalue weighted by Crippen LogP contribution is -2.42. The summed E-state index contributed by atoms with van der Waals surface area (Å²) >= 11 is 0. The molecule has 0 aromatic heterocycles. The molecule has 0 spiro atoms. The van der Waals surface area contributed by atoms with Gasteiger partial charge in [-0.25, -0.2) is 0 Å². The number of nitriles is 1. The van der Waals surface area contributed by atoms with Crippen LogP contribution in [0.4, 0.5) is 0 Å². The van der Waals surface area contributed by atoms with E-state index in [0.29, 0.717) is 12.1 Å². The Bertz CT molecular complexity index is 326. The Hall–Kier alpha value is -0.590. The first-order chi connectivity index (χ1) is 9.61. The predicted molar refractivity (Wildman–Crippen MR) is 81.4 cm³/mol. The van der Waals surface area contributed by atoms with Crippen LogP contribution in [-0.4, -0.2) is 24.3 Å². The van der Waals surface area contributed by atoms with Gasteiger partial charge in [0.05, 0.1) is 12.2 Å². The monoisotopic (exact) mass is 278 g/mol. The third kappa shape index (κ3) is 5.42. The van der Waals surface area contributed by atoms with Crippen molar-refractivity contribution in [3.63, 3.8) is 0 Å². The van der Waals surface area contributed by atoms with Crippen LogP contribution in [0.1, 0.15) is 71.6 Å². The van der Waals surface area contributed by atoms with Crippen LogP contribution >= 0.6 is 0 Å². The molecule has 1 N–H and O–H groups in total. The number of nitrogens with one attached hydrogen (secondary N) is 1. The Morgan fingerprint density at radius 1 is 1.15 bits per heavy atom. The third-order valence-corrected chi connectivity index (χ3v) is 4.73. The fraction of sp³-hybridized carbons (Fsp3) is 0.941.